The lowest BCUT2D eigenvalue weighted by molar-refractivity contribution is -0.116. The van der Waals surface area contributed by atoms with Gasteiger partial charge < -0.3 is 14.7 Å². The number of carbonyl (C=O) groups excluding carboxylic acids is 1. The monoisotopic (exact) mass is 393 g/mol. The van der Waals surface area contributed by atoms with E-state index in [4.69, 9.17) is 9.51 Å². The zero-order valence-corrected chi connectivity index (χ0v) is 17.3. The van der Waals surface area contributed by atoms with E-state index in [1.54, 1.807) is 0 Å². The summed E-state index contributed by atoms with van der Waals surface area (Å²) in [7, 11) is 0. The quantitative estimate of drug-likeness (QED) is 0.702. The van der Waals surface area contributed by atoms with E-state index in [0.29, 0.717) is 24.4 Å². The van der Waals surface area contributed by atoms with Crippen LogP contribution in [0.5, 0.6) is 0 Å². The van der Waals surface area contributed by atoms with E-state index in [1.807, 2.05) is 39.0 Å². The summed E-state index contributed by atoms with van der Waals surface area (Å²) in [6.07, 6.45) is 4.32. The number of fused-ring (bicyclic) bond motifs is 1. The van der Waals surface area contributed by atoms with Crippen molar-refractivity contribution in [2.24, 2.45) is 0 Å². The van der Waals surface area contributed by atoms with E-state index in [0.717, 1.165) is 59.6 Å². The normalized spacial score (nSPS) is 14.4. The predicted molar refractivity (Wildman–Crippen MR) is 113 cm³/mol. The third-order valence-electron chi connectivity index (χ3n) is 5.43. The number of aryl methyl sites for hydroxylation is 4. The number of hydrogen-bond acceptors (Lipinski definition) is 6. The van der Waals surface area contributed by atoms with Gasteiger partial charge in [0.05, 0.1) is 5.69 Å². The van der Waals surface area contributed by atoms with E-state index < -0.39 is 0 Å². The maximum atomic E-state index is 12.5. The molecule has 2 aromatic heterocycles. The summed E-state index contributed by atoms with van der Waals surface area (Å²) in [6, 6.07) is 6.04. The molecular formula is C22H27N5O2. The van der Waals surface area contributed by atoms with Crippen LogP contribution in [0.4, 0.5) is 11.5 Å². The van der Waals surface area contributed by atoms with Crippen LogP contribution < -0.4 is 10.2 Å². The van der Waals surface area contributed by atoms with Crippen LogP contribution in [-0.2, 0) is 11.2 Å². The summed E-state index contributed by atoms with van der Waals surface area (Å²) >= 11 is 0. The minimum Gasteiger partial charge on any atom is -0.356 e. The van der Waals surface area contributed by atoms with E-state index in [9.17, 15) is 4.79 Å². The fraction of sp³-hybridized carbons (Fsp3) is 0.455. The fourth-order valence-electron chi connectivity index (χ4n) is 3.77. The smallest absolute Gasteiger partial charge is 0.263 e. The number of anilines is 2. The second-order valence-corrected chi connectivity index (χ2v) is 7.83. The number of rotatable bonds is 5. The molecule has 1 fully saturated rings. The first-order valence-electron chi connectivity index (χ1n) is 10.3. The van der Waals surface area contributed by atoms with Gasteiger partial charge in [0.1, 0.15) is 17.0 Å². The number of hydrogen-bond donors (Lipinski definition) is 1. The summed E-state index contributed by atoms with van der Waals surface area (Å²) in [5.74, 6) is 1.46. The molecule has 0 aliphatic carbocycles. The van der Waals surface area contributed by atoms with Crippen molar-refractivity contribution in [2.75, 3.05) is 23.3 Å². The van der Waals surface area contributed by atoms with Gasteiger partial charge in [-0.25, -0.2) is 4.98 Å². The number of piperidine rings is 1. The molecular weight excluding hydrogens is 366 g/mol. The zero-order valence-electron chi connectivity index (χ0n) is 17.3. The Morgan fingerprint density at radius 1 is 1.14 bits per heavy atom. The molecule has 1 N–H and O–H groups in total. The van der Waals surface area contributed by atoms with Crippen LogP contribution in [0.25, 0.3) is 11.1 Å². The first-order chi connectivity index (χ1) is 14.0. The SMILES string of the molecule is Cc1ccc(C)c(NC(=O)CCc2nc(N3CCCCC3)c3c(C)noc3n2)c1. The maximum absolute atomic E-state index is 12.5. The zero-order chi connectivity index (χ0) is 20.4. The van der Waals surface area contributed by atoms with Crippen molar-refractivity contribution >= 4 is 28.5 Å². The Bertz CT molecular complexity index is 1040. The van der Waals surface area contributed by atoms with Crippen molar-refractivity contribution in [3.05, 3.63) is 40.8 Å². The van der Waals surface area contributed by atoms with Gasteiger partial charge in [-0.3, -0.25) is 4.79 Å². The molecule has 0 radical (unpaired) electrons. The van der Waals surface area contributed by atoms with Crippen molar-refractivity contribution in [3.8, 4) is 0 Å². The predicted octanol–water partition coefficient (Wildman–Crippen LogP) is 4.10. The van der Waals surface area contributed by atoms with Crippen molar-refractivity contribution in [1.29, 1.82) is 0 Å². The molecule has 3 heterocycles. The highest BCUT2D eigenvalue weighted by atomic mass is 16.5. The molecule has 7 nitrogen and oxygen atoms in total. The number of aromatic nitrogens is 3. The number of carbonyl (C=O) groups is 1. The molecule has 29 heavy (non-hydrogen) atoms. The highest BCUT2D eigenvalue weighted by Crippen LogP contribution is 2.29. The molecule has 0 atom stereocenters. The summed E-state index contributed by atoms with van der Waals surface area (Å²) in [5, 5.41) is 7.96. The molecule has 0 bridgehead atoms. The summed E-state index contributed by atoms with van der Waals surface area (Å²) in [5.41, 5.74) is 4.33. The third-order valence-corrected chi connectivity index (χ3v) is 5.43. The molecule has 0 saturated carbocycles. The van der Waals surface area contributed by atoms with Gasteiger partial charge >= 0.3 is 0 Å². The molecule has 152 valence electrons. The largest absolute Gasteiger partial charge is 0.356 e. The van der Waals surface area contributed by atoms with E-state index in [-0.39, 0.29) is 5.91 Å². The van der Waals surface area contributed by atoms with Crippen molar-refractivity contribution in [2.45, 2.75) is 52.9 Å². The van der Waals surface area contributed by atoms with Gasteiger partial charge in [0.15, 0.2) is 0 Å². The van der Waals surface area contributed by atoms with Crippen molar-refractivity contribution < 1.29 is 9.32 Å². The van der Waals surface area contributed by atoms with Crippen LogP contribution in [0.3, 0.4) is 0 Å². The molecule has 1 saturated heterocycles. The Hall–Kier alpha value is -2.96. The first-order valence-corrected chi connectivity index (χ1v) is 10.3. The maximum Gasteiger partial charge on any atom is 0.263 e. The number of nitrogens with zero attached hydrogens (tertiary/aromatic N) is 4. The van der Waals surface area contributed by atoms with Crippen LogP contribution in [0.1, 0.15) is 48.3 Å². The van der Waals surface area contributed by atoms with Crippen LogP contribution in [0.15, 0.2) is 22.7 Å². The van der Waals surface area contributed by atoms with Gasteiger partial charge in [-0.15, -0.1) is 0 Å². The Morgan fingerprint density at radius 2 is 1.93 bits per heavy atom. The van der Waals surface area contributed by atoms with Crippen molar-refractivity contribution in [1.82, 2.24) is 15.1 Å². The first kappa shape index (κ1) is 19.4. The van der Waals surface area contributed by atoms with Crippen molar-refractivity contribution in [3.63, 3.8) is 0 Å². The number of benzene rings is 1. The Kier molecular flexibility index (Phi) is 5.47. The van der Waals surface area contributed by atoms with Gasteiger partial charge in [0.25, 0.3) is 5.71 Å². The molecule has 0 unspecified atom stereocenters. The molecule has 3 aromatic rings. The second-order valence-electron chi connectivity index (χ2n) is 7.83. The minimum atomic E-state index is -0.0457. The Balaban J connectivity index is 1.52. The molecule has 1 aliphatic rings. The van der Waals surface area contributed by atoms with E-state index in [2.05, 4.69) is 20.4 Å². The van der Waals surface area contributed by atoms with E-state index in [1.165, 1.54) is 6.42 Å². The lowest BCUT2D eigenvalue weighted by atomic mass is 10.1. The van der Waals surface area contributed by atoms with Crippen LogP contribution >= 0.6 is 0 Å². The van der Waals surface area contributed by atoms with Crippen LogP contribution in [0.2, 0.25) is 0 Å². The lowest BCUT2D eigenvalue weighted by Gasteiger charge is -2.28. The third kappa shape index (κ3) is 4.23. The highest BCUT2D eigenvalue weighted by molar-refractivity contribution is 5.92. The molecule has 1 aliphatic heterocycles. The van der Waals surface area contributed by atoms with Gasteiger partial charge in [0.2, 0.25) is 5.91 Å². The Morgan fingerprint density at radius 3 is 2.72 bits per heavy atom. The van der Waals surface area contributed by atoms with Crippen LogP contribution in [0, 0.1) is 20.8 Å². The molecule has 7 heteroatoms. The van der Waals surface area contributed by atoms with Gasteiger partial charge in [0, 0.05) is 31.6 Å². The van der Waals surface area contributed by atoms with Gasteiger partial charge in [-0.2, -0.15) is 4.98 Å². The molecule has 0 spiro atoms. The van der Waals surface area contributed by atoms with Crippen LogP contribution in [-0.4, -0.2) is 34.1 Å². The summed E-state index contributed by atoms with van der Waals surface area (Å²) < 4.78 is 5.42. The topological polar surface area (TPSA) is 84.2 Å². The summed E-state index contributed by atoms with van der Waals surface area (Å²) in [6.45, 7) is 7.87. The average molecular weight is 393 g/mol. The Labute approximate surface area is 170 Å². The van der Waals surface area contributed by atoms with Gasteiger partial charge in [-0.1, -0.05) is 17.3 Å². The molecule has 1 aromatic carbocycles. The van der Waals surface area contributed by atoms with E-state index >= 15 is 0 Å². The number of nitrogens with one attached hydrogen (secondary N) is 1. The highest BCUT2D eigenvalue weighted by Gasteiger charge is 2.21. The minimum absolute atomic E-state index is 0.0457. The van der Waals surface area contributed by atoms with Gasteiger partial charge in [-0.05, 0) is 57.2 Å². The summed E-state index contributed by atoms with van der Waals surface area (Å²) in [4.78, 5) is 24.1. The standard InChI is InChI=1S/C22H27N5O2/c1-14-7-8-15(2)17(13-14)23-19(28)10-9-18-24-21(27-11-5-4-6-12-27)20-16(3)26-29-22(20)25-18/h7-8,13H,4-6,9-12H2,1-3H3,(H,23,28). The second kappa shape index (κ2) is 8.19. The lowest BCUT2D eigenvalue weighted by Crippen LogP contribution is -2.30. The molecule has 4 rings (SSSR count). The average Bonchev–Trinajstić information content (AvgIpc) is 3.10. The fourth-order valence-corrected chi connectivity index (χ4v) is 3.77. The number of amides is 1. The molecule has 1 amide bonds.